The van der Waals surface area contributed by atoms with Gasteiger partial charge in [0, 0.05) is 37.8 Å². The molecule has 1 amide bonds. The largest absolute Gasteiger partial charge is 0.465 e. The number of fused-ring (bicyclic) bond motifs is 1. The summed E-state index contributed by atoms with van der Waals surface area (Å²) in [5, 5.41) is 8.76. The number of hydrogen-bond acceptors (Lipinski definition) is 7. The number of hydrogen-bond donors (Lipinski definition) is 0. The Kier molecular flexibility index (Phi) is 4.80. The Labute approximate surface area is 173 Å². The molecule has 1 fully saturated rings. The fraction of sp³-hybridized carbons (Fsp3) is 0.227. The molecule has 0 radical (unpaired) electrons. The quantitative estimate of drug-likeness (QED) is 0.619. The van der Waals surface area contributed by atoms with Gasteiger partial charge in [-0.25, -0.2) is 0 Å². The number of carbonyl (C=O) groups excluding carboxylic acids is 1. The predicted molar refractivity (Wildman–Crippen MR) is 110 cm³/mol. The Bertz CT molecular complexity index is 1060. The van der Waals surface area contributed by atoms with Crippen molar-refractivity contribution in [1.29, 1.82) is 0 Å². The van der Waals surface area contributed by atoms with Gasteiger partial charge in [0.25, 0.3) is 0 Å². The van der Waals surface area contributed by atoms with Gasteiger partial charge in [0.1, 0.15) is 5.76 Å². The van der Waals surface area contributed by atoms with Gasteiger partial charge in [-0.2, -0.15) is 0 Å². The Morgan fingerprint density at radius 3 is 2.60 bits per heavy atom. The lowest BCUT2D eigenvalue weighted by Crippen LogP contribution is -2.48. The molecule has 3 aromatic rings. The van der Waals surface area contributed by atoms with Crippen LogP contribution in [0.1, 0.15) is 5.76 Å². The van der Waals surface area contributed by atoms with Crippen LogP contribution in [0.4, 0.5) is 5.82 Å². The van der Waals surface area contributed by atoms with Crippen molar-refractivity contribution < 1.29 is 18.7 Å². The number of furan rings is 1. The lowest BCUT2D eigenvalue weighted by Gasteiger charge is -2.34. The SMILES string of the molecule is O=C(/C=C/c1ccco1)N1CCN(c2ccc(-c3ccc4c(c3)OCO4)nn2)CC1. The number of benzene rings is 1. The van der Waals surface area contributed by atoms with Gasteiger partial charge in [0.05, 0.1) is 12.0 Å². The Hall–Kier alpha value is -3.81. The van der Waals surface area contributed by atoms with Crippen LogP contribution in [-0.4, -0.2) is 54.0 Å². The first-order chi connectivity index (χ1) is 14.8. The van der Waals surface area contributed by atoms with E-state index in [2.05, 4.69) is 15.1 Å². The van der Waals surface area contributed by atoms with E-state index in [0.29, 0.717) is 31.9 Å². The van der Waals surface area contributed by atoms with Gasteiger partial charge in [-0.15, -0.1) is 10.2 Å². The van der Waals surface area contributed by atoms with Crippen molar-refractivity contribution in [2.75, 3.05) is 37.9 Å². The van der Waals surface area contributed by atoms with Crippen LogP contribution in [0.2, 0.25) is 0 Å². The summed E-state index contributed by atoms with van der Waals surface area (Å²) in [6.45, 7) is 2.92. The molecule has 0 spiro atoms. The molecule has 0 saturated carbocycles. The van der Waals surface area contributed by atoms with E-state index in [0.717, 1.165) is 28.6 Å². The molecule has 0 unspecified atom stereocenters. The molecule has 30 heavy (non-hydrogen) atoms. The summed E-state index contributed by atoms with van der Waals surface area (Å²) in [6.07, 6.45) is 4.82. The number of carbonyl (C=O) groups is 1. The van der Waals surface area contributed by atoms with E-state index in [9.17, 15) is 4.79 Å². The maximum Gasteiger partial charge on any atom is 0.246 e. The Morgan fingerprint density at radius 1 is 0.967 bits per heavy atom. The summed E-state index contributed by atoms with van der Waals surface area (Å²) in [7, 11) is 0. The van der Waals surface area contributed by atoms with E-state index in [4.69, 9.17) is 13.9 Å². The van der Waals surface area contributed by atoms with Crippen molar-refractivity contribution in [3.63, 3.8) is 0 Å². The molecule has 0 atom stereocenters. The molecule has 8 heteroatoms. The van der Waals surface area contributed by atoms with Gasteiger partial charge >= 0.3 is 0 Å². The maximum atomic E-state index is 12.4. The van der Waals surface area contributed by atoms with Crippen molar-refractivity contribution in [1.82, 2.24) is 15.1 Å². The van der Waals surface area contributed by atoms with Crippen LogP contribution in [0.15, 0.2) is 59.2 Å². The minimum absolute atomic E-state index is 0.0182. The molecular weight excluding hydrogens is 384 g/mol. The Morgan fingerprint density at radius 2 is 1.83 bits per heavy atom. The molecule has 5 rings (SSSR count). The molecular formula is C22H20N4O4. The summed E-state index contributed by atoms with van der Waals surface area (Å²) in [6, 6.07) is 13.2. The Balaban J connectivity index is 1.20. The van der Waals surface area contributed by atoms with Crippen LogP contribution < -0.4 is 14.4 Å². The van der Waals surface area contributed by atoms with Crippen molar-refractivity contribution in [3.05, 3.63) is 60.6 Å². The summed E-state index contributed by atoms with van der Waals surface area (Å²) >= 11 is 0. The van der Waals surface area contributed by atoms with Crippen LogP contribution in [0, 0.1) is 0 Å². The van der Waals surface area contributed by atoms with E-state index < -0.39 is 0 Å². The van der Waals surface area contributed by atoms with Crippen molar-refractivity contribution >= 4 is 17.8 Å². The third-order valence-corrected chi connectivity index (χ3v) is 5.17. The van der Waals surface area contributed by atoms with Crippen molar-refractivity contribution in [2.24, 2.45) is 0 Å². The van der Waals surface area contributed by atoms with Gasteiger partial charge < -0.3 is 23.7 Å². The molecule has 2 aliphatic rings. The van der Waals surface area contributed by atoms with E-state index in [1.165, 1.54) is 0 Å². The summed E-state index contributed by atoms with van der Waals surface area (Å²) in [4.78, 5) is 16.3. The molecule has 1 aromatic carbocycles. The first kappa shape index (κ1) is 18.2. The minimum Gasteiger partial charge on any atom is -0.465 e. The first-order valence-corrected chi connectivity index (χ1v) is 9.75. The van der Waals surface area contributed by atoms with Crippen LogP contribution >= 0.6 is 0 Å². The minimum atomic E-state index is -0.0182. The second-order valence-corrected chi connectivity index (χ2v) is 7.01. The number of piperazine rings is 1. The number of anilines is 1. The molecule has 8 nitrogen and oxygen atoms in total. The topological polar surface area (TPSA) is 80.9 Å². The van der Waals surface area contributed by atoms with Crippen molar-refractivity contribution in [2.45, 2.75) is 0 Å². The van der Waals surface area contributed by atoms with Crippen LogP contribution in [-0.2, 0) is 4.79 Å². The standard InChI is InChI=1S/C22H20N4O4/c27-22(8-4-17-2-1-13-28-17)26-11-9-25(10-12-26)21-7-5-18(23-24-21)16-3-6-19-20(14-16)30-15-29-19/h1-8,13-14H,9-12,15H2/b8-4+. The third-order valence-electron chi connectivity index (χ3n) is 5.17. The number of ether oxygens (including phenoxy) is 2. The molecule has 0 aliphatic carbocycles. The highest BCUT2D eigenvalue weighted by atomic mass is 16.7. The van der Waals surface area contributed by atoms with E-state index >= 15 is 0 Å². The van der Waals surface area contributed by atoms with Gasteiger partial charge in [-0.1, -0.05) is 0 Å². The fourth-order valence-corrected chi connectivity index (χ4v) is 3.50. The zero-order valence-corrected chi connectivity index (χ0v) is 16.2. The monoisotopic (exact) mass is 404 g/mol. The van der Waals surface area contributed by atoms with Crippen LogP contribution in [0.3, 0.4) is 0 Å². The second kappa shape index (κ2) is 7.90. The molecule has 2 aliphatic heterocycles. The maximum absolute atomic E-state index is 12.4. The first-order valence-electron chi connectivity index (χ1n) is 9.75. The summed E-state index contributed by atoms with van der Waals surface area (Å²) in [5.41, 5.74) is 1.70. The lowest BCUT2D eigenvalue weighted by atomic mass is 10.1. The van der Waals surface area contributed by atoms with E-state index in [1.807, 2.05) is 41.3 Å². The number of amides is 1. The molecule has 0 bridgehead atoms. The molecule has 1 saturated heterocycles. The van der Waals surface area contributed by atoms with Crippen molar-refractivity contribution in [3.8, 4) is 22.8 Å². The zero-order valence-electron chi connectivity index (χ0n) is 16.2. The smallest absolute Gasteiger partial charge is 0.246 e. The van der Waals surface area contributed by atoms with Gasteiger partial charge in [-0.3, -0.25) is 4.79 Å². The fourth-order valence-electron chi connectivity index (χ4n) is 3.50. The molecule has 152 valence electrons. The van der Waals surface area contributed by atoms with Crippen LogP contribution in [0.25, 0.3) is 17.3 Å². The van der Waals surface area contributed by atoms with Gasteiger partial charge in [0.15, 0.2) is 17.3 Å². The van der Waals surface area contributed by atoms with Gasteiger partial charge in [0.2, 0.25) is 12.7 Å². The molecule has 2 aromatic heterocycles. The summed E-state index contributed by atoms with van der Waals surface area (Å²) in [5.74, 6) is 2.92. The number of nitrogens with zero attached hydrogens (tertiary/aromatic N) is 4. The average molecular weight is 404 g/mol. The highest BCUT2D eigenvalue weighted by Gasteiger charge is 2.21. The number of rotatable bonds is 4. The number of aromatic nitrogens is 2. The summed E-state index contributed by atoms with van der Waals surface area (Å²) < 4.78 is 16.0. The highest BCUT2D eigenvalue weighted by Crippen LogP contribution is 2.35. The molecule has 4 heterocycles. The second-order valence-electron chi connectivity index (χ2n) is 7.01. The highest BCUT2D eigenvalue weighted by molar-refractivity contribution is 5.91. The predicted octanol–water partition coefficient (Wildman–Crippen LogP) is 2.83. The third kappa shape index (κ3) is 3.71. The molecule has 0 N–H and O–H groups in total. The van der Waals surface area contributed by atoms with Gasteiger partial charge in [-0.05, 0) is 48.5 Å². The van der Waals surface area contributed by atoms with Crippen LogP contribution in [0.5, 0.6) is 11.5 Å². The lowest BCUT2D eigenvalue weighted by molar-refractivity contribution is -0.126. The zero-order chi connectivity index (χ0) is 20.3. The van der Waals surface area contributed by atoms with E-state index in [1.54, 1.807) is 24.5 Å². The van der Waals surface area contributed by atoms with E-state index in [-0.39, 0.29) is 12.7 Å². The average Bonchev–Trinajstić information content (AvgIpc) is 3.49. The normalized spacial score (nSPS) is 15.7.